The summed E-state index contributed by atoms with van der Waals surface area (Å²) in [5.74, 6) is -0.372. The van der Waals surface area contributed by atoms with Gasteiger partial charge in [-0.1, -0.05) is 29.8 Å². The molecule has 9 heteroatoms. The first kappa shape index (κ1) is 20.5. The Bertz CT molecular complexity index is 996. The summed E-state index contributed by atoms with van der Waals surface area (Å²) >= 11 is 5.63. The van der Waals surface area contributed by atoms with Crippen molar-refractivity contribution in [2.75, 3.05) is 16.8 Å². The molecule has 0 aliphatic carbocycles. The molecule has 2 heterocycles. The minimum atomic E-state index is -4.54. The topological polar surface area (TPSA) is 61.4 Å². The molecule has 2 aliphatic heterocycles. The third-order valence-corrected chi connectivity index (χ3v) is 5.75. The zero-order valence-corrected chi connectivity index (χ0v) is 16.6. The number of nitrogens with one attached hydrogen (secondary N) is 2. The van der Waals surface area contributed by atoms with Crippen molar-refractivity contribution >= 4 is 34.8 Å². The molecule has 30 heavy (non-hydrogen) atoms. The fourth-order valence-corrected chi connectivity index (χ4v) is 4.23. The van der Waals surface area contributed by atoms with Gasteiger partial charge in [0.2, 0.25) is 11.8 Å². The molecule has 2 amide bonds. The minimum Gasteiger partial charge on any atom is -0.356 e. The molecule has 1 fully saturated rings. The zero-order valence-electron chi connectivity index (χ0n) is 15.8. The second-order valence-electron chi connectivity index (χ2n) is 7.49. The Kier molecular flexibility index (Phi) is 5.36. The minimum absolute atomic E-state index is 0.0445. The molecule has 1 saturated heterocycles. The number of rotatable bonds is 4. The monoisotopic (exact) mass is 437 g/mol. The largest absolute Gasteiger partial charge is 0.417 e. The molecule has 0 aromatic heterocycles. The van der Waals surface area contributed by atoms with E-state index in [1.54, 1.807) is 0 Å². The number of benzene rings is 2. The quantitative estimate of drug-likeness (QED) is 0.760. The predicted octanol–water partition coefficient (Wildman–Crippen LogP) is 4.01. The van der Waals surface area contributed by atoms with Crippen LogP contribution in [-0.2, 0) is 22.2 Å². The number of carbonyl (C=O) groups excluding carboxylic acids is 2. The van der Waals surface area contributed by atoms with Crippen LogP contribution in [0.1, 0.15) is 24.0 Å². The molecular formula is C21H19ClF3N3O2. The summed E-state index contributed by atoms with van der Waals surface area (Å²) in [5, 5.41) is 5.42. The lowest BCUT2D eigenvalue weighted by Gasteiger charge is -2.32. The van der Waals surface area contributed by atoms with E-state index < -0.39 is 11.7 Å². The average molecular weight is 438 g/mol. The van der Waals surface area contributed by atoms with Crippen LogP contribution in [0.4, 0.5) is 24.5 Å². The van der Waals surface area contributed by atoms with Crippen molar-refractivity contribution in [1.29, 1.82) is 0 Å². The van der Waals surface area contributed by atoms with Crippen molar-refractivity contribution in [1.82, 2.24) is 5.32 Å². The Labute approximate surface area is 176 Å². The third-order valence-electron chi connectivity index (χ3n) is 5.42. The van der Waals surface area contributed by atoms with Crippen LogP contribution in [0.3, 0.4) is 0 Å². The summed E-state index contributed by atoms with van der Waals surface area (Å²) in [6.07, 6.45) is -3.86. The van der Waals surface area contributed by atoms with E-state index in [1.807, 2.05) is 29.2 Å². The molecule has 0 bridgehead atoms. The zero-order chi connectivity index (χ0) is 21.5. The molecule has 2 N–H and O–H groups in total. The molecule has 2 aromatic rings. The summed E-state index contributed by atoms with van der Waals surface area (Å²) in [4.78, 5) is 26.7. The highest BCUT2D eigenvalue weighted by Gasteiger charge is 2.41. The first-order valence-electron chi connectivity index (χ1n) is 9.54. The Morgan fingerprint density at radius 2 is 2.00 bits per heavy atom. The molecule has 2 aliphatic rings. The van der Waals surface area contributed by atoms with Gasteiger partial charge in [0.05, 0.1) is 22.0 Å². The molecule has 5 nitrogen and oxygen atoms in total. The van der Waals surface area contributed by atoms with Gasteiger partial charge in [0.15, 0.2) is 0 Å². The van der Waals surface area contributed by atoms with Crippen LogP contribution >= 0.6 is 11.6 Å². The highest BCUT2D eigenvalue weighted by Crippen LogP contribution is 2.37. The molecule has 0 radical (unpaired) electrons. The summed E-state index contributed by atoms with van der Waals surface area (Å²) < 4.78 is 38.9. The Morgan fingerprint density at radius 3 is 2.77 bits per heavy atom. The summed E-state index contributed by atoms with van der Waals surface area (Å²) in [5.41, 5.74) is 1.15. The van der Waals surface area contributed by atoms with Gasteiger partial charge in [-0.15, -0.1) is 0 Å². The Hall–Kier alpha value is -2.74. The Balaban J connectivity index is 1.36. The number of anilines is 2. The molecule has 158 valence electrons. The van der Waals surface area contributed by atoms with E-state index in [1.165, 1.54) is 12.1 Å². The van der Waals surface area contributed by atoms with E-state index >= 15 is 0 Å². The van der Waals surface area contributed by atoms with Crippen molar-refractivity contribution in [3.8, 4) is 0 Å². The number of hydrogen-bond donors (Lipinski definition) is 2. The predicted molar refractivity (Wildman–Crippen MR) is 108 cm³/mol. The molecule has 4 rings (SSSR count). The number of aryl methyl sites for hydroxylation is 1. The molecule has 0 saturated carbocycles. The lowest BCUT2D eigenvalue weighted by Crippen LogP contribution is -2.44. The maximum Gasteiger partial charge on any atom is 0.417 e. The van der Waals surface area contributed by atoms with Crippen molar-refractivity contribution in [3.05, 3.63) is 58.6 Å². The number of halogens is 4. The Morgan fingerprint density at radius 1 is 1.23 bits per heavy atom. The number of nitrogens with zero attached hydrogens (tertiary/aromatic N) is 1. The van der Waals surface area contributed by atoms with Crippen LogP contribution in [-0.4, -0.2) is 30.4 Å². The maximum atomic E-state index is 13.0. The number of fused-ring (bicyclic) bond motifs is 3. The highest BCUT2D eigenvalue weighted by molar-refractivity contribution is 6.31. The molecule has 2 aromatic carbocycles. The van der Waals surface area contributed by atoms with Gasteiger partial charge >= 0.3 is 6.18 Å². The van der Waals surface area contributed by atoms with Crippen molar-refractivity contribution in [3.63, 3.8) is 0 Å². The van der Waals surface area contributed by atoms with Gasteiger partial charge in [0, 0.05) is 19.0 Å². The van der Waals surface area contributed by atoms with Crippen LogP contribution in [0.25, 0.3) is 0 Å². The van der Waals surface area contributed by atoms with Crippen LogP contribution in [0.5, 0.6) is 0 Å². The number of para-hydroxylation sites is 2. The van der Waals surface area contributed by atoms with Gasteiger partial charge in [-0.3, -0.25) is 9.59 Å². The van der Waals surface area contributed by atoms with E-state index in [9.17, 15) is 22.8 Å². The van der Waals surface area contributed by atoms with Gasteiger partial charge < -0.3 is 15.5 Å². The van der Waals surface area contributed by atoms with E-state index in [2.05, 4.69) is 10.6 Å². The van der Waals surface area contributed by atoms with E-state index in [0.29, 0.717) is 18.5 Å². The number of alkyl halides is 3. The van der Waals surface area contributed by atoms with Crippen LogP contribution in [0, 0.1) is 0 Å². The number of carbonyl (C=O) groups is 2. The molecule has 2 atom stereocenters. The molecule has 0 spiro atoms. The van der Waals surface area contributed by atoms with Gasteiger partial charge in [0.25, 0.3) is 0 Å². The lowest BCUT2D eigenvalue weighted by molar-refractivity contribution is -0.137. The van der Waals surface area contributed by atoms with Crippen molar-refractivity contribution in [2.45, 2.75) is 37.5 Å². The number of hydrogen-bond acceptors (Lipinski definition) is 3. The van der Waals surface area contributed by atoms with Crippen LogP contribution in [0.2, 0.25) is 5.02 Å². The first-order chi connectivity index (χ1) is 14.2. The molecular weight excluding hydrogens is 419 g/mol. The average Bonchev–Trinajstić information content (AvgIpc) is 3.11. The van der Waals surface area contributed by atoms with Crippen LogP contribution < -0.4 is 15.5 Å². The summed E-state index contributed by atoms with van der Waals surface area (Å²) in [6, 6.07) is 10.6. The smallest absolute Gasteiger partial charge is 0.356 e. The standard InChI is InChI=1S/C21H19ClF3N3O2/c22-15-7-5-12(9-14(15)21(23,24)25)6-8-19(29)26-13-10-18-20(30)27-16-3-1-2-4-17(16)28(18)11-13/h1-5,7,9,13,18H,6,8,10-11H2,(H,26,29)(H,27,30). The van der Waals surface area contributed by atoms with E-state index in [0.717, 1.165) is 17.4 Å². The van der Waals surface area contributed by atoms with Crippen molar-refractivity contribution in [2.24, 2.45) is 0 Å². The summed E-state index contributed by atoms with van der Waals surface area (Å²) in [6.45, 7) is 0.500. The molecule has 2 unspecified atom stereocenters. The van der Waals surface area contributed by atoms with Gasteiger partial charge in [-0.2, -0.15) is 13.2 Å². The second-order valence-corrected chi connectivity index (χ2v) is 7.89. The maximum absolute atomic E-state index is 13.0. The van der Waals surface area contributed by atoms with E-state index in [-0.39, 0.29) is 41.8 Å². The lowest BCUT2D eigenvalue weighted by atomic mass is 10.1. The first-order valence-corrected chi connectivity index (χ1v) is 9.91. The van der Waals surface area contributed by atoms with Gasteiger partial charge in [-0.25, -0.2) is 0 Å². The van der Waals surface area contributed by atoms with Gasteiger partial charge in [-0.05, 0) is 42.7 Å². The van der Waals surface area contributed by atoms with Gasteiger partial charge in [0.1, 0.15) is 6.04 Å². The third kappa shape index (κ3) is 4.09. The fraction of sp³-hybridized carbons (Fsp3) is 0.333. The number of amides is 2. The second kappa shape index (κ2) is 7.83. The summed E-state index contributed by atoms with van der Waals surface area (Å²) in [7, 11) is 0. The fourth-order valence-electron chi connectivity index (χ4n) is 4.00. The van der Waals surface area contributed by atoms with Crippen LogP contribution in [0.15, 0.2) is 42.5 Å². The van der Waals surface area contributed by atoms with E-state index in [4.69, 9.17) is 11.6 Å². The SMILES string of the molecule is O=C(CCc1ccc(Cl)c(C(F)(F)F)c1)NC1CC2C(=O)Nc3ccccc3N2C1. The highest BCUT2D eigenvalue weighted by atomic mass is 35.5. The van der Waals surface area contributed by atoms with Crippen molar-refractivity contribution < 1.29 is 22.8 Å². The normalized spacial score (nSPS) is 20.4.